The maximum absolute atomic E-state index is 11.7. The Hall–Kier alpha value is -1.64. The number of hydrogen-bond acceptors (Lipinski definition) is 6. The molecule has 0 bridgehead atoms. The first-order chi connectivity index (χ1) is 8.40. The molecule has 1 aromatic rings. The molecule has 0 aliphatic heterocycles. The van der Waals surface area contributed by atoms with Crippen molar-refractivity contribution in [1.29, 1.82) is 0 Å². The first kappa shape index (κ1) is 14.4. The minimum absolute atomic E-state index is 0.0488. The number of hydrogen-bond donors (Lipinski definition) is 0. The van der Waals surface area contributed by atoms with Gasteiger partial charge in [0.25, 0.3) is 0 Å². The number of methoxy groups -OCH3 is 1. The SMILES string of the molecule is COC(=O)Cc1nc(CCOCC(F)(F)F)no1. The highest BCUT2D eigenvalue weighted by Gasteiger charge is 2.27. The summed E-state index contributed by atoms with van der Waals surface area (Å²) in [5.41, 5.74) is 0. The molecule has 18 heavy (non-hydrogen) atoms. The van der Waals surface area contributed by atoms with Crippen LogP contribution in [0.1, 0.15) is 11.7 Å². The van der Waals surface area contributed by atoms with E-state index in [4.69, 9.17) is 4.52 Å². The molecule has 0 spiro atoms. The first-order valence-corrected chi connectivity index (χ1v) is 4.93. The number of esters is 1. The van der Waals surface area contributed by atoms with Crippen molar-refractivity contribution in [3.63, 3.8) is 0 Å². The molecule has 0 radical (unpaired) electrons. The molecule has 1 heterocycles. The van der Waals surface area contributed by atoms with Gasteiger partial charge in [0.1, 0.15) is 13.0 Å². The number of ether oxygens (including phenoxy) is 2. The number of rotatable bonds is 6. The molecular formula is C9H11F3N2O4. The van der Waals surface area contributed by atoms with Gasteiger partial charge in [0.15, 0.2) is 5.82 Å². The molecule has 0 aromatic carbocycles. The maximum atomic E-state index is 11.7. The van der Waals surface area contributed by atoms with E-state index in [1.54, 1.807) is 0 Å². The number of nitrogens with zero attached hydrogens (tertiary/aromatic N) is 2. The lowest BCUT2D eigenvalue weighted by molar-refractivity contribution is -0.173. The third-order valence-electron chi connectivity index (χ3n) is 1.77. The summed E-state index contributed by atoms with van der Waals surface area (Å²) in [7, 11) is 1.21. The largest absolute Gasteiger partial charge is 0.469 e. The quantitative estimate of drug-likeness (QED) is 0.564. The second kappa shape index (κ2) is 6.34. The van der Waals surface area contributed by atoms with Crippen LogP contribution in [0, 0.1) is 0 Å². The van der Waals surface area contributed by atoms with E-state index in [1.165, 1.54) is 7.11 Å². The lowest BCUT2D eigenvalue weighted by atomic mass is 10.4. The summed E-state index contributed by atoms with van der Waals surface area (Å²) < 4.78 is 48.7. The minimum atomic E-state index is -4.35. The Bertz CT molecular complexity index is 391. The summed E-state index contributed by atoms with van der Waals surface area (Å²) in [6.45, 7) is -1.50. The molecule has 1 aromatic heterocycles. The van der Waals surface area contributed by atoms with Crippen LogP contribution in [0.4, 0.5) is 13.2 Å². The fourth-order valence-corrected chi connectivity index (χ4v) is 1.01. The van der Waals surface area contributed by atoms with Crippen LogP contribution >= 0.6 is 0 Å². The molecule has 9 heteroatoms. The molecule has 6 nitrogen and oxygen atoms in total. The van der Waals surface area contributed by atoms with Crippen LogP contribution in [-0.2, 0) is 27.1 Å². The number of carbonyl (C=O) groups excluding carboxylic acids is 1. The van der Waals surface area contributed by atoms with Gasteiger partial charge in [-0.15, -0.1) is 0 Å². The lowest BCUT2D eigenvalue weighted by Gasteiger charge is -2.05. The number of alkyl halides is 3. The highest BCUT2D eigenvalue weighted by Crippen LogP contribution is 2.14. The number of halogens is 3. The van der Waals surface area contributed by atoms with E-state index in [9.17, 15) is 18.0 Å². The van der Waals surface area contributed by atoms with Crippen LogP contribution in [0.25, 0.3) is 0 Å². The predicted molar refractivity (Wildman–Crippen MR) is 50.6 cm³/mol. The van der Waals surface area contributed by atoms with E-state index >= 15 is 0 Å². The van der Waals surface area contributed by atoms with Crippen molar-refractivity contribution in [3.8, 4) is 0 Å². The fraction of sp³-hybridized carbons (Fsp3) is 0.667. The highest BCUT2D eigenvalue weighted by atomic mass is 19.4. The molecule has 0 saturated heterocycles. The Labute approximate surface area is 100 Å². The second-order valence-electron chi connectivity index (χ2n) is 3.28. The van der Waals surface area contributed by atoms with Crippen LogP contribution in [0.15, 0.2) is 4.52 Å². The van der Waals surface area contributed by atoms with Crippen molar-refractivity contribution < 1.29 is 32.0 Å². The van der Waals surface area contributed by atoms with E-state index in [-0.39, 0.29) is 31.2 Å². The third kappa shape index (κ3) is 5.62. The van der Waals surface area contributed by atoms with Crippen molar-refractivity contribution in [2.75, 3.05) is 20.3 Å². The first-order valence-electron chi connectivity index (χ1n) is 4.93. The molecule has 0 atom stereocenters. The molecule has 0 aliphatic carbocycles. The molecule has 102 valence electrons. The van der Waals surface area contributed by atoms with Gasteiger partial charge in [-0.05, 0) is 0 Å². The summed E-state index contributed by atoms with van der Waals surface area (Å²) >= 11 is 0. The normalized spacial score (nSPS) is 11.6. The monoisotopic (exact) mass is 268 g/mol. The van der Waals surface area contributed by atoms with E-state index in [2.05, 4.69) is 19.6 Å². The molecular weight excluding hydrogens is 257 g/mol. The van der Waals surface area contributed by atoms with Crippen molar-refractivity contribution in [3.05, 3.63) is 11.7 Å². The smallest absolute Gasteiger partial charge is 0.411 e. The number of carbonyl (C=O) groups is 1. The van der Waals surface area contributed by atoms with E-state index in [1.807, 2.05) is 0 Å². The van der Waals surface area contributed by atoms with Gasteiger partial charge in [0.2, 0.25) is 5.89 Å². The van der Waals surface area contributed by atoms with E-state index in [0.29, 0.717) is 0 Å². The molecule has 0 saturated carbocycles. The third-order valence-corrected chi connectivity index (χ3v) is 1.77. The Kier molecular flexibility index (Phi) is 5.08. The maximum Gasteiger partial charge on any atom is 0.411 e. The van der Waals surface area contributed by atoms with Gasteiger partial charge in [-0.1, -0.05) is 5.16 Å². The molecule has 0 fully saturated rings. The summed E-state index contributed by atoms with van der Waals surface area (Å²) in [6.07, 6.45) is -4.46. The van der Waals surface area contributed by atoms with Gasteiger partial charge in [-0.3, -0.25) is 4.79 Å². The second-order valence-corrected chi connectivity index (χ2v) is 3.28. The van der Waals surface area contributed by atoms with Crippen molar-refractivity contribution in [2.24, 2.45) is 0 Å². The average Bonchev–Trinajstić information content (AvgIpc) is 2.71. The van der Waals surface area contributed by atoms with Crippen LogP contribution in [0.2, 0.25) is 0 Å². The fourth-order valence-electron chi connectivity index (χ4n) is 1.01. The van der Waals surface area contributed by atoms with Crippen molar-refractivity contribution in [1.82, 2.24) is 10.1 Å². The van der Waals surface area contributed by atoms with Gasteiger partial charge < -0.3 is 14.0 Å². The van der Waals surface area contributed by atoms with Crippen LogP contribution in [0.5, 0.6) is 0 Å². The number of aromatic nitrogens is 2. The molecule has 0 unspecified atom stereocenters. The van der Waals surface area contributed by atoms with Gasteiger partial charge in [-0.2, -0.15) is 18.2 Å². The lowest BCUT2D eigenvalue weighted by Crippen LogP contribution is -2.18. The molecule has 0 amide bonds. The van der Waals surface area contributed by atoms with Crippen LogP contribution < -0.4 is 0 Å². The zero-order chi connectivity index (χ0) is 13.6. The Balaban J connectivity index is 2.29. The van der Waals surface area contributed by atoms with Crippen molar-refractivity contribution in [2.45, 2.75) is 19.0 Å². The molecule has 0 N–H and O–H groups in total. The Morgan fingerprint density at radius 3 is 2.78 bits per heavy atom. The van der Waals surface area contributed by atoms with Gasteiger partial charge >= 0.3 is 12.1 Å². The van der Waals surface area contributed by atoms with E-state index < -0.39 is 18.8 Å². The average molecular weight is 268 g/mol. The summed E-state index contributed by atoms with van der Waals surface area (Å²) in [5, 5.41) is 3.48. The van der Waals surface area contributed by atoms with Crippen LogP contribution in [-0.4, -0.2) is 42.6 Å². The van der Waals surface area contributed by atoms with Crippen LogP contribution in [0.3, 0.4) is 0 Å². The van der Waals surface area contributed by atoms with Gasteiger partial charge in [-0.25, -0.2) is 0 Å². The zero-order valence-corrected chi connectivity index (χ0v) is 9.49. The van der Waals surface area contributed by atoms with Gasteiger partial charge in [0.05, 0.1) is 13.7 Å². The van der Waals surface area contributed by atoms with Crippen molar-refractivity contribution >= 4 is 5.97 Å². The van der Waals surface area contributed by atoms with Gasteiger partial charge in [0, 0.05) is 6.42 Å². The summed E-state index contributed by atoms with van der Waals surface area (Å²) in [4.78, 5) is 14.7. The Morgan fingerprint density at radius 1 is 1.44 bits per heavy atom. The zero-order valence-electron chi connectivity index (χ0n) is 9.49. The molecule has 1 rings (SSSR count). The topological polar surface area (TPSA) is 74.5 Å². The minimum Gasteiger partial charge on any atom is -0.469 e. The summed E-state index contributed by atoms with van der Waals surface area (Å²) in [5.74, 6) is -0.317. The molecule has 0 aliphatic rings. The highest BCUT2D eigenvalue weighted by molar-refractivity contribution is 5.70. The summed E-state index contributed by atoms with van der Waals surface area (Å²) in [6, 6.07) is 0. The standard InChI is InChI=1S/C9H11F3N2O4/c1-16-8(15)4-7-13-6(14-18-7)2-3-17-5-9(10,11)12/h2-5H2,1H3. The Morgan fingerprint density at radius 2 is 2.17 bits per heavy atom. The predicted octanol–water partition coefficient (Wildman–Crippen LogP) is 0.906. The van der Waals surface area contributed by atoms with E-state index in [0.717, 1.165) is 0 Å².